The van der Waals surface area contributed by atoms with E-state index in [4.69, 9.17) is 5.26 Å². The van der Waals surface area contributed by atoms with Gasteiger partial charge in [-0.2, -0.15) is 5.26 Å². The van der Waals surface area contributed by atoms with Crippen LogP contribution in [0.5, 0.6) is 0 Å². The molecular weight excluding hydrogens is 80.0 g/mol. The molecule has 1 heterocycles. The Morgan fingerprint density at radius 2 is 2.50 bits per heavy atom. The quantitative estimate of drug-likeness (QED) is 0.372. The van der Waals surface area contributed by atoms with Gasteiger partial charge in [0.25, 0.3) is 0 Å². The lowest BCUT2D eigenvalue weighted by Crippen LogP contribution is -1.85. The van der Waals surface area contributed by atoms with Crippen molar-refractivity contribution in [1.82, 2.24) is 5.06 Å². The zero-order valence-electron chi connectivity index (χ0n) is 3.09. The van der Waals surface area contributed by atoms with Crippen molar-refractivity contribution in [2.24, 2.45) is 0 Å². The number of hydrogen-bond donors (Lipinski definition) is 0. The molecule has 6 heavy (non-hydrogen) atoms. The molecule has 3 nitrogen and oxygen atoms in total. The van der Waals surface area contributed by atoms with Crippen LogP contribution in [0, 0.1) is 11.3 Å². The number of rotatable bonds is 0. The Bertz CT molecular complexity index is 95.5. The molecular formula is C3H3N2O. The third-order valence-electron chi connectivity index (χ3n) is 0.716. The molecule has 0 aromatic carbocycles. The maximum Gasteiger partial charge on any atom is 0.140 e. The predicted octanol–water partition coefficient (Wildman–Crippen LogP) is -0.460. The first-order valence-corrected chi connectivity index (χ1v) is 1.68. The van der Waals surface area contributed by atoms with E-state index in [1.807, 2.05) is 0 Å². The highest BCUT2D eigenvalue weighted by Gasteiger charge is 2.33. The summed E-state index contributed by atoms with van der Waals surface area (Å²) >= 11 is 0. The Morgan fingerprint density at radius 1 is 2.00 bits per heavy atom. The van der Waals surface area contributed by atoms with Crippen LogP contribution in [0.15, 0.2) is 0 Å². The maximum atomic E-state index is 9.81. The minimum absolute atomic E-state index is 0.315. The van der Waals surface area contributed by atoms with E-state index in [0.717, 1.165) is 5.06 Å². The molecule has 0 saturated carbocycles. The van der Waals surface area contributed by atoms with Crippen molar-refractivity contribution in [2.75, 3.05) is 6.54 Å². The number of nitriles is 1. The molecule has 0 spiro atoms. The third kappa shape index (κ3) is 0.361. The summed E-state index contributed by atoms with van der Waals surface area (Å²) in [7, 11) is 0. The Hall–Kier alpha value is -0.590. The van der Waals surface area contributed by atoms with Crippen LogP contribution in [-0.2, 0) is 5.21 Å². The van der Waals surface area contributed by atoms with Crippen LogP contribution in [0.2, 0.25) is 0 Å². The summed E-state index contributed by atoms with van der Waals surface area (Å²) in [4.78, 5) is 0. The zero-order valence-corrected chi connectivity index (χ0v) is 3.09. The van der Waals surface area contributed by atoms with Gasteiger partial charge in [0.2, 0.25) is 0 Å². The van der Waals surface area contributed by atoms with Gasteiger partial charge in [0.1, 0.15) is 6.04 Å². The molecule has 1 fully saturated rings. The summed E-state index contributed by atoms with van der Waals surface area (Å²) in [5.41, 5.74) is 0. The van der Waals surface area contributed by atoms with Crippen LogP contribution >= 0.6 is 0 Å². The van der Waals surface area contributed by atoms with Crippen LogP contribution in [0.25, 0.3) is 0 Å². The van der Waals surface area contributed by atoms with Gasteiger partial charge in [-0.25, -0.2) is 0 Å². The van der Waals surface area contributed by atoms with Crippen molar-refractivity contribution in [3.63, 3.8) is 0 Å². The minimum Gasteiger partial charge on any atom is -0.196 e. The van der Waals surface area contributed by atoms with Crippen LogP contribution in [0.4, 0.5) is 0 Å². The second-order valence-corrected chi connectivity index (χ2v) is 1.24. The topological polar surface area (TPSA) is 46.7 Å². The van der Waals surface area contributed by atoms with Crippen LogP contribution in [0.3, 0.4) is 0 Å². The average Bonchev–Trinajstić information content (AvgIpc) is 2.19. The molecule has 2 unspecified atom stereocenters. The Morgan fingerprint density at radius 3 is 2.50 bits per heavy atom. The summed E-state index contributed by atoms with van der Waals surface area (Å²) in [6.45, 7) is 0.413. The molecule has 1 saturated heterocycles. The molecule has 1 aliphatic heterocycles. The van der Waals surface area contributed by atoms with Crippen LogP contribution < -0.4 is 0 Å². The molecule has 1 radical (unpaired) electrons. The fraction of sp³-hybridized carbons (Fsp3) is 0.667. The lowest BCUT2D eigenvalue weighted by Gasteiger charge is -1.67. The van der Waals surface area contributed by atoms with Gasteiger partial charge in [-0.05, 0) is 0 Å². The highest BCUT2D eigenvalue weighted by atomic mass is 16.5. The molecule has 0 bridgehead atoms. The zero-order chi connectivity index (χ0) is 4.57. The van der Waals surface area contributed by atoms with E-state index in [-0.39, 0.29) is 6.04 Å². The number of nitrogens with zero attached hydrogens (tertiary/aromatic N) is 2. The van der Waals surface area contributed by atoms with E-state index in [9.17, 15) is 5.21 Å². The Kier molecular flexibility index (Phi) is 0.560. The predicted molar refractivity (Wildman–Crippen MR) is 16.8 cm³/mol. The molecule has 2 atom stereocenters. The lowest BCUT2D eigenvalue weighted by atomic mass is 10.6. The second kappa shape index (κ2) is 0.934. The first-order valence-electron chi connectivity index (χ1n) is 1.68. The fourth-order valence-electron chi connectivity index (χ4n) is 0.229. The van der Waals surface area contributed by atoms with E-state index in [1.165, 1.54) is 0 Å². The van der Waals surface area contributed by atoms with Gasteiger partial charge in [0.05, 0.1) is 12.6 Å². The summed E-state index contributed by atoms with van der Waals surface area (Å²) in [6.07, 6.45) is 0. The first kappa shape index (κ1) is 3.59. The lowest BCUT2D eigenvalue weighted by molar-refractivity contribution is -0.0553. The second-order valence-electron chi connectivity index (χ2n) is 1.24. The molecule has 0 aromatic heterocycles. The molecule has 0 amide bonds. The van der Waals surface area contributed by atoms with Gasteiger partial charge in [-0.15, -0.1) is 10.3 Å². The molecule has 0 N–H and O–H groups in total. The molecule has 1 rings (SSSR count). The molecule has 3 heteroatoms. The Labute approximate surface area is 35.4 Å². The monoisotopic (exact) mass is 83.0 g/mol. The Balaban J connectivity index is 2.31. The van der Waals surface area contributed by atoms with Crippen LogP contribution in [0.1, 0.15) is 0 Å². The standard InChI is InChI=1S/C3H3N2O/c4-1-3-2-5(3)6/h3H,2H2. The average molecular weight is 83.1 g/mol. The summed E-state index contributed by atoms with van der Waals surface area (Å²) in [6, 6.07) is 1.49. The number of hydrogen-bond acceptors (Lipinski definition) is 2. The van der Waals surface area contributed by atoms with E-state index in [0.29, 0.717) is 6.54 Å². The normalized spacial score (nSPS) is 41.3. The van der Waals surface area contributed by atoms with Crippen molar-refractivity contribution in [3.05, 3.63) is 0 Å². The van der Waals surface area contributed by atoms with Crippen molar-refractivity contribution in [1.29, 1.82) is 5.26 Å². The van der Waals surface area contributed by atoms with Crippen molar-refractivity contribution in [3.8, 4) is 6.07 Å². The van der Waals surface area contributed by atoms with E-state index >= 15 is 0 Å². The maximum absolute atomic E-state index is 9.81. The SMILES string of the molecule is N#CC1CN1[O]. The summed E-state index contributed by atoms with van der Waals surface area (Å²) in [5.74, 6) is 0. The van der Waals surface area contributed by atoms with E-state index in [2.05, 4.69) is 0 Å². The minimum atomic E-state index is -0.315. The van der Waals surface area contributed by atoms with Crippen molar-refractivity contribution >= 4 is 0 Å². The number of hydroxylamine groups is 2. The largest absolute Gasteiger partial charge is 0.196 e. The van der Waals surface area contributed by atoms with Gasteiger partial charge in [-0.3, -0.25) is 0 Å². The molecule has 0 aliphatic carbocycles. The summed E-state index contributed by atoms with van der Waals surface area (Å²) in [5, 5.41) is 18.4. The molecule has 0 aromatic rings. The van der Waals surface area contributed by atoms with Gasteiger partial charge < -0.3 is 0 Å². The van der Waals surface area contributed by atoms with Gasteiger partial charge in [-0.1, -0.05) is 0 Å². The highest BCUT2D eigenvalue weighted by molar-refractivity contribution is 5.00. The fourth-order valence-corrected chi connectivity index (χ4v) is 0.229. The smallest absolute Gasteiger partial charge is 0.140 e. The highest BCUT2D eigenvalue weighted by Crippen LogP contribution is 2.10. The van der Waals surface area contributed by atoms with Gasteiger partial charge in [0, 0.05) is 0 Å². The van der Waals surface area contributed by atoms with E-state index < -0.39 is 0 Å². The van der Waals surface area contributed by atoms with Crippen molar-refractivity contribution < 1.29 is 5.21 Å². The molecule has 1 aliphatic rings. The van der Waals surface area contributed by atoms with Crippen molar-refractivity contribution in [2.45, 2.75) is 6.04 Å². The van der Waals surface area contributed by atoms with Gasteiger partial charge in [0.15, 0.2) is 0 Å². The summed E-state index contributed by atoms with van der Waals surface area (Å²) < 4.78 is 0. The first-order chi connectivity index (χ1) is 2.84. The van der Waals surface area contributed by atoms with Gasteiger partial charge >= 0.3 is 0 Å². The van der Waals surface area contributed by atoms with E-state index in [1.54, 1.807) is 6.07 Å². The molecule has 31 valence electrons. The third-order valence-corrected chi connectivity index (χ3v) is 0.716. The van der Waals surface area contributed by atoms with Crippen LogP contribution in [-0.4, -0.2) is 17.6 Å².